The van der Waals surface area contributed by atoms with Gasteiger partial charge in [0.25, 0.3) is 0 Å². The Labute approximate surface area is 146 Å². The zero-order valence-corrected chi connectivity index (χ0v) is 13.8. The predicted molar refractivity (Wildman–Crippen MR) is 86.2 cm³/mol. The van der Waals surface area contributed by atoms with Gasteiger partial charge in [-0.05, 0) is 29.5 Å². The molecule has 1 aromatic heterocycles. The molecular weight excluding hydrogens is 360 g/mol. The summed E-state index contributed by atoms with van der Waals surface area (Å²) in [6.45, 7) is -0.470. The number of ketones is 1. The molecule has 1 aliphatic rings. The fourth-order valence-electron chi connectivity index (χ4n) is 2.77. The predicted octanol–water partition coefficient (Wildman–Crippen LogP) is 0.802. The van der Waals surface area contributed by atoms with E-state index in [2.05, 4.69) is 15.4 Å². The molecule has 0 spiro atoms. The van der Waals surface area contributed by atoms with E-state index in [9.17, 15) is 18.0 Å². The molecule has 26 heavy (non-hydrogen) atoms. The average Bonchev–Trinajstić information content (AvgIpc) is 3.07. The lowest BCUT2D eigenvalue weighted by Crippen LogP contribution is -2.20. The number of aliphatic carboxylic acids is 1. The summed E-state index contributed by atoms with van der Waals surface area (Å²) in [6, 6.07) is 10.2. The van der Waals surface area contributed by atoms with Crippen molar-refractivity contribution in [3.63, 3.8) is 0 Å². The van der Waals surface area contributed by atoms with Gasteiger partial charge in [0, 0.05) is 16.7 Å². The average molecular weight is 370 g/mol. The van der Waals surface area contributed by atoms with Crippen molar-refractivity contribution in [2.75, 3.05) is 0 Å². The molecule has 2 aromatic carbocycles. The molecule has 0 aliphatic carbocycles. The first-order valence-electron chi connectivity index (χ1n) is 7.41. The summed E-state index contributed by atoms with van der Waals surface area (Å²) in [5.41, 5.74) is 0.528. The van der Waals surface area contributed by atoms with Crippen LogP contribution < -0.4 is 0 Å². The van der Waals surface area contributed by atoms with Crippen LogP contribution in [0, 0.1) is 0 Å². The van der Waals surface area contributed by atoms with Gasteiger partial charge in [-0.1, -0.05) is 18.2 Å². The Morgan fingerprint density at radius 3 is 2.58 bits per heavy atom. The van der Waals surface area contributed by atoms with Crippen LogP contribution in [0.1, 0.15) is 15.9 Å². The van der Waals surface area contributed by atoms with E-state index in [0.29, 0.717) is 5.56 Å². The molecule has 3 aromatic rings. The molecule has 1 aliphatic heterocycles. The first-order chi connectivity index (χ1) is 12.4. The highest BCUT2D eigenvalue weighted by molar-refractivity contribution is 7.91. The molecule has 2 heterocycles. The summed E-state index contributed by atoms with van der Waals surface area (Å²) in [5, 5.41) is 20.0. The van der Waals surface area contributed by atoms with Crippen LogP contribution in [0.4, 0.5) is 0 Å². The van der Waals surface area contributed by atoms with Crippen LogP contribution in [0.2, 0.25) is 0 Å². The Balaban J connectivity index is 1.85. The number of hydrogen-bond donors (Lipinski definition) is 1. The van der Waals surface area contributed by atoms with E-state index in [0.717, 1.165) is 4.80 Å². The quantitative estimate of drug-likeness (QED) is 0.560. The normalized spacial score (nSPS) is 14.5. The molecule has 0 amide bonds. The molecule has 0 fully saturated rings. The van der Waals surface area contributed by atoms with E-state index in [1.54, 1.807) is 12.1 Å². The van der Waals surface area contributed by atoms with Gasteiger partial charge in [0.15, 0.2) is 12.3 Å². The van der Waals surface area contributed by atoms with Crippen LogP contribution in [0.5, 0.6) is 0 Å². The number of sulfone groups is 1. The lowest BCUT2D eigenvalue weighted by molar-refractivity contribution is -0.138. The third-order valence-corrected chi connectivity index (χ3v) is 5.78. The van der Waals surface area contributed by atoms with Gasteiger partial charge < -0.3 is 5.11 Å². The highest BCUT2D eigenvalue weighted by Gasteiger charge is 2.34. The summed E-state index contributed by atoms with van der Waals surface area (Å²) in [5.74, 6) is -1.45. The number of benzene rings is 2. The van der Waals surface area contributed by atoms with Crippen LogP contribution in [0.15, 0.2) is 52.3 Å². The lowest BCUT2D eigenvalue weighted by Gasteiger charge is -2.18. The van der Waals surface area contributed by atoms with Crippen LogP contribution in [-0.2, 0) is 21.2 Å². The Morgan fingerprint density at radius 2 is 1.81 bits per heavy atom. The number of carbonyl (C=O) groups is 2. The summed E-state index contributed by atoms with van der Waals surface area (Å²) < 4.78 is 25.8. The molecule has 0 bridgehead atoms. The maximum Gasteiger partial charge on any atom is 0.327 e. The summed E-state index contributed by atoms with van der Waals surface area (Å²) in [6.07, 6.45) is 0. The lowest BCUT2D eigenvalue weighted by atomic mass is 10.0. The van der Waals surface area contributed by atoms with Crippen molar-refractivity contribution >= 4 is 21.6 Å². The van der Waals surface area contributed by atoms with Crippen LogP contribution in [0.25, 0.3) is 11.4 Å². The van der Waals surface area contributed by atoms with E-state index < -0.39 is 22.4 Å². The first kappa shape index (κ1) is 16.1. The fourth-order valence-corrected chi connectivity index (χ4v) is 4.45. The van der Waals surface area contributed by atoms with Gasteiger partial charge in [-0.25, -0.2) is 8.42 Å². The highest BCUT2D eigenvalue weighted by Crippen LogP contribution is 2.35. The van der Waals surface area contributed by atoms with Gasteiger partial charge in [-0.2, -0.15) is 4.80 Å². The SMILES string of the molecule is O=C(O)Cn1nnc(-c2ccc3c(c2)S(=O)(=O)c2ccccc2C3=O)n1. The van der Waals surface area contributed by atoms with Crippen molar-refractivity contribution in [2.45, 2.75) is 16.3 Å². The number of tetrazole rings is 1. The van der Waals surface area contributed by atoms with Crippen LogP contribution in [0.3, 0.4) is 0 Å². The molecule has 0 radical (unpaired) electrons. The number of aromatic nitrogens is 4. The molecular formula is C16H10N4O5S. The number of carboxylic acid groups (broad SMARTS) is 1. The smallest absolute Gasteiger partial charge is 0.327 e. The van der Waals surface area contributed by atoms with Gasteiger partial charge in [-0.3, -0.25) is 9.59 Å². The van der Waals surface area contributed by atoms with Gasteiger partial charge >= 0.3 is 5.97 Å². The number of carbonyl (C=O) groups excluding carboxylic acids is 1. The van der Waals surface area contributed by atoms with E-state index >= 15 is 0 Å². The minimum absolute atomic E-state index is 0.0443. The minimum atomic E-state index is -3.87. The van der Waals surface area contributed by atoms with Gasteiger partial charge in [0.05, 0.1) is 9.79 Å². The molecule has 0 unspecified atom stereocenters. The Kier molecular flexibility index (Phi) is 3.44. The van der Waals surface area contributed by atoms with Crippen molar-refractivity contribution in [2.24, 2.45) is 0 Å². The van der Waals surface area contributed by atoms with Crippen molar-refractivity contribution in [3.05, 3.63) is 53.6 Å². The van der Waals surface area contributed by atoms with E-state index in [-0.39, 0.29) is 32.5 Å². The zero-order valence-electron chi connectivity index (χ0n) is 13.0. The van der Waals surface area contributed by atoms with Crippen LogP contribution in [-0.4, -0.2) is 45.5 Å². The molecule has 9 nitrogen and oxygen atoms in total. The Bertz CT molecular complexity index is 1180. The van der Waals surface area contributed by atoms with E-state index in [1.165, 1.54) is 30.3 Å². The Morgan fingerprint density at radius 1 is 1.08 bits per heavy atom. The second-order valence-corrected chi connectivity index (χ2v) is 7.46. The third-order valence-electron chi connectivity index (χ3n) is 3.92. The van der Waals surface area contributed by atoms with Gasteiger partial charge in [-0.15, -0.1) is 10.2 Å². The van der Waals surface area contributed by atoms with Crippen molar-refractivity contribution < 1.29 is 23.1 Å². The third kappa shape index (κ3) is 2.39. The van der Waals surface area contributed by atoms with Crippen molar-refractivity contribution in [1.29, 1.82) is 0 Å². The first-order valence-corrected chi connectivity index (χ1v) is 8.89. The maximum atomic E-state index is 12.9. The number of carboxylic acids is 1. The number of nitrogens with zero attached hydrogens (tertiary/aromatic N) is 4. The molecule has 130 valence electrons. The molecule has 0 atom stereocenters. The topological polar surface area (TPSA) is 132 Å². The van der Waals surface area contributed by atoms with E-state index in [4.69, 9.17) is 5.11 Å². The van der Waals surface area contributed by atoms with Crippen molar-refractivity contribution in [3.8, 4) is 11.4 Å². The molecule has 0 saturated heterocycles. The molecule has 4 rings (SSSR count). The maximum absolute atomic E-state index is 12.9. The van der Waals surface area contributed by atoms with Crippen LogP contribution >= 0.6 is 0 Å². The minimum Gasteiger partial charge on any atom is -0.480 e. The number of rotatable bonds is 3. The number of fused-ring (bicyclic) bond motifs is 2. The summed E-state index contributed by atoms with van der Waals surface area (Å²) in [7, 11) is -3.87. The monoisotopic (exact) mass is 370 g/mol. The highest BCUT2D eigenvalue weighted by atomic mass is 32.2. The molecule has 10 heteroatoms. The summed E-state index contributed by atoms with van der Waals surface area (Å²) in [4.78, 5) is 24.0. The Hall–Kier alpha value is -3.40. The largest absolute Gasteiger partial charge is 0.480 e. The van der Waals surface area contributed by atoms with Crippen molar-refractivity contribution in [1.82, 2.24) is 20.2 Å². The molecule has 0 saturated carbocycles. The fraction of sp³-hybridized carbons (Fsp3) is 0.0625. The molecule has 1 N–H and O–H groups in total. The zero-order chi connectivity index (χ0) is 18.5. The van der Waals surface area contributed by atoms with Gasteiger partial charge in [0.2, 0.25) is 15.7 Å². The standard InChI is InChI=1S/C16H10N4O5S/c21-14(22)8-20-18-16(17-19-20)9-5-6-11-13(7-9)26(24,25)12-4-2-1-3-10(12)15(11)23/h1-7H,8H2,(H,21,22). The second-order valence-electron chi connectivity index (χ2n) is 5.58. The number of hydrogen-bond acceptors (Lipinski definition) is 7. The summed E-state index contributed by atoms with van der Waals surface area (Å²) >= 11 is 0. The van der Waals surface area contributed by atoms with E-state index in [1.807, 2.05) is 0 Å². The second kappa shape index (κ2) is 5.56. The van der Waals surface area contributed by atoms with Gasteiger partial charge in [0.1, 0.15) is 0 Å².